The van der Waals surface area contributed by atoms with Crippen LogP contribution in [-0.2, 0) is 22.8 Å². The molecule has 8 heteroatoms. The van der Waals surface area contributed by atoms with E-state index in [1.54, 1.807) is 56.3 Å². The Balaban J connectivity index is 1.75. The molecule has 2 aromatic rings. The van der Waals surface area contributed by atoms with Crippen molar-refractivity contribution in [2.24, 2.45) is 17.3 Å². The summed E-state index contributed by atoms with van der Waals surface area (Å²) < 4.78 is 57.3. The summed E-state index contributed by atoms with van der Waals surface area (Å²) in [7, 11) is 0. The van der Waals surface area contributed by atoms with Gasteiger partial charge in [0.25, 0.3) is 0 Å². The molecule has 166 valence electrons. The predicted molar refractivity (Wildman–Crippen MR) is 112 cm³/mol. The van der Waals surface area contributed by atoms with Gasteiger partial charge in [-0.25, -0.2) is 4.39 Å². The van der Waals surface area contributed by atoms with E-state index in [2.05, 4.69) is 0 Å². The van der Waals surface area contributed by atoms with Crippen molar-refractivity contribution < 1.29 is 27.1 Å². The van der Waals surface area contributed by atoms with Crippen LogP contribution >= 0.6 is 23.2 Å². The van der Waals surface area contributed by atoms with Gasteiger partial charge in [-0.05, 0) is 45.7 Å². The molecule has 1 aliphatic rings. The monoisotopic (exact) mass is 474 g/mol. The van der Waals surface area contributed by atoms with Crippen LogP contribution in [0.4, 0.5) is 17.6 Å². The molecule has 2 atom stereocenters. The topological polar surface area (TPSA) is 26.3 Å². The van der Waals surface area contributed by atoms with E-state index in [1.807, 2.05) is 0 Å². The number of allylic oxidation sites excluding steroid dienone is 2. The standard InChI is InChI=1S/C23H20Cl2F4O2/c1-22(2)18(10-19(25)23(27,28)29)20(22)21(30)31-12-14-4-3-5-16(17(14)11-26)13-6-8-15(24)9-7-13/h3-10,18,20H,11-12H2,1-2H3. The Morgan fingerprint density at radius 3 is 2.39 bits per heavy atom. The minimum Gasteiger partial charge on any atom is -0.461 e. The molecule has 31 heavy (non-hydrogen) atoms. The first-order valence-electron chi connectivity index (χ1n) is 9.50. The third-order valence-corrected chi connectivity index (χ3v) is 6.29. The maximum Gasteiger partial charge on any atom is 0.426 e. The summed E-state index contributed by atoms with van der Waals surface area (Å²) in [5, 5.41) is -0.701. The molecule has 0 radical (unpaired) electrons. The van der Waals surface area contributed by atoms with Crippen LogP contribution in [0.5, 0.6) is 0 Å². The van der Waals surface area contributed by atoms with Crippen molar-refractivity contribution in [1.29, 1.82) is 0 Å². The smallest absolute Gasteiger partial charge is 0.426 e. The average molecular weight is 475 g/mol. The van der Waals surface area contributed by atoms with Gasteiger partial charge in [-0.2, -0.15) is 13.2 Å². The van der Waals surface area contributed by atoms with Gasteiger partial charge in [0.2, 0.25) is 0 Å². The minimum absolute atomic E-state index is 0.185. The fourth-order valence-corrected chi connectivity index (χ4v) is 4.02. The average Bonchev–Trinajstić information content (AvgIpc) is 3.25. The third-order valence-electron chi connectivity index (χ3n) is 5.69. The maximum absolute atomic E-state index is 13.9. The third kappa shape index (κ3) is 5.07. The van der Waals surface area contributed by atoms with E-state index in [0.29, 0.717) is 21.7 Å². The molecule has 0 aromatic heterocycles. The molecule has 0 spiro atoms. The number of halogens is 6. The summed E-state index contributed by atoms with van der Waals surface area (Å²) in [6.07, 6.45) is -3.80. The maximum atomic E-state index is 13.9. The van der Waals surface area contributed by atoms with Crippen LogP contribution in [0.15, 0.2) is 53.6 Å². The van der Waals surface area contributed by atoms with Crippen LogP contribution in [0.25, 0.3) is 11.1 Å². The first-order chi connectivity index (χ1) is 14.5. The van der Waals surface area contributed by atoms with Gasteiger partial charge in [0.15, 0.2) is 0 Å². The predicted octanol–water partition coefficient (Wildman–Crippen LogP) is 7.48. The number of rotatable bonds is 6. The quantitative estimate of drug-likeness (QED) is 0.320. The minimum atomic E-state index is -4.66. The largest absolute Gasteiger partial charge is 0.461 e. The van der Waals surface area contributed by atoms with Crippen molar-refractivity contribution in [2.75, 3.05) is 0 Å². The van der Waals surface area contributed by atoms with E-state index in [0.717, 1.165) is 11.6 Å². The highest BCUT2D eigenvalue weighted by atomic mass is 35.5. The molecule has 1 fully saturated rings. The normalized spacial score (nSPS) is 20.5. The molecule has 2 unspecified atom stereocenters. The Morgan fingerprint density at radius 2 is 1.81 bits per heavy atom. The molecule has 0 amide bonds. The van der Waals surface area contributed by atoms with Gasteiger partial charge in [0.05, 0.1) is 5.92 Å². The molecule has 2 aromatic carbocycles. The van der Waals surface area contributed by atoms with Crippen molar-refractivity contribution in [3.63, 3.8) is 0 Å². The molecule has 1 aliphatic carbocycles. The molecule has 0 bridgehead atoms. The van der Waals surface area contributed by atoms with Crippen LogP contribution in [0, 0.1) is 17.3 Å². The zero-order valence-electron chi connectivity index (χ0n) is 16.8. The molecule has 0 N–H and O–H groups in total. The Hall–Kier alpha value is -2.05. The summed E-state index contributed by atoms with van der Waals surface area (Å²) in [5.74, 6) is -2.08. The van der Waals surface area contributed by atoms with Gasteiger partial charge in [-0.3, -0.25) is 4.79 Å². The Labute approximate surface area is 187 Å². The highest BCUT2D eigenvalue weighted by Gasteiger charge is 2.62. The first kappa shape index (κ1) is 23.6. The second-order valence-electron chi connectivity index (χ2n) is 8.03. The van der Waals surface area contributed by atoms with Crippen LogP contribution in [-0.4, -0.2) is 12.1 Å². The van der Waals surface area contributed by atoms with E-state index in [-0.39, 0.29) is 6.61 Å². The van der Waals surface area contributed by atoms with Gasteiger partial charge in [0, 0.05) is 5.02 Å². The summed E-state index contributed by atoms with van der Waals surface area (Å²) >= 11 is 11.2. The van der Waals surface area contributed by atoms with Crippen molar-refractivity contribution in [1.82, 2.24) is 0 Å². The van der Waals surface area contributed by atoms with Crippen molar-refractivity contribution in [2.45, 2.75) is 33.3 Å². The van der Waals surface area contributed by atoms with E-state index >= 15 is 0 Å². The Kier molecular flexibility index (Phi) is 6.72. The lowest BCUT2D eigenvalue weighted by atomic mass is 9.96. The lowest BCUT2D eigenvalue weighted by Crippen LogP contribution is -2.12. The summed E-state index contributed by atoms with van der Waals surface area (Å²) in [5.41, 5.74) is 1.57. The molecule has 0 aliphatic heterocycles. The second-order valence-corrected chi connectivity index (χ2v) is 8.87. The summed E-state index contributed by atoms with van der Waals surface area (Å²) in [6.45, 7) is 2.40. The van der Waals surface area contributed by atoms with Crippen LogP contribution in [0.2, 0.25) is 5.02 Å². The van der Waals surface area contributed by atoms with Gasteiger partial charge in [-0.15, -0.1) is 0 Å². The van der Waals surface area contributed by atoms with Gasteiger partial charge >= 0.3 is 12.1 Å². The highest BCUT2D eigenvalue weighted by Crippen LogP contribution is 2.60. The molecular formula is C23H20Cl2F4O2. The summed E-state index contributed by atoms with van der Waals surface area (Å²) in [6, 6.07) is 12.1. The van der Waals surface area contributed by atoms with Crippen LogP contribution in [0.1, 0.15) is 25.0 Å². The zero-order chi connectivity index (χ0) is 23.0. The number of hydrogen-bond acceptors (Lipinski definition) is 2. The SMILES string of the molecule is CC1(C)C(C=C(Cl)C(F)(F)F)C1C(=O)OCc1cccc(-c2ccc(Cl)cc2)c1CF. The van der Waals surface area contributed by atoms with Crippen molar-refractivity contribution in [3.8, 4) is 11.1 Å². The molecule has 1 saturated carbocycles. The number of carbonyl (C=O) groups is 1. The number of esters is 1. The van der Waals surface area contributed by atoms with E-state index in [1.165, 1.54) is 0 Å². The van der Waals surface area contributed by atoms with Crippen LogP contribution < -0.4 is 0 Å². The zero-order valence-corrected chi connectivity index (χ0v) is 18.3. The molecule has 2 nitrogen and oxygen atoms in total. The molecule has 3 rings (SSSR count). The first-order valence-corrected chi connectivity index (χ1v) is 10.3. The lowest BCUT2D eigenvalue weighted by molar-refractivity contribution is -0.147. The lowest BCUT2D eigenvalue weighted by Gasteiger charge is -2.13. The highest BCUT2D eigenvalue weighted by molar-refractivity contribution is 6.30. The van der Waals surface area contributed by atoms with E-state index in [4.69, 9.17) is 27.9 Å². The van der Waals surface area contributed by atoms with E-state index < -0.39 is 41.1 Å². The van der Waals surface area contributed by atoms with Gasteiger partial charge in [0.1, 0.15) is 18.3 Å². The fourth-order valence-electron chi connectivity index (χ4n) is 3.76. The fraction of sp³-hybridized carbons (Fsp3) is 0.348. The Bertz CT molecular complexity index is 998. The number of carbonyl (C=O) groups excluding carboxylic acids is 1. The molecular weight excluding hydrogens is 455 g/mol. The van der Waals surface area contributed by atoms with Gasteiger partial charge < -0.3 is 4.74 Å². The van der Waals surface area contributed by atoms with Crippen molar-refractivity contribution >= 4 is 29.2 Å². The van der Waals surface area contributed by atoms with Gasteiger partial charge in [-0.1, -0.05) is 73.5 Å². The number of ether oxygens (including phenoxy) is 1. The van der Waals surface area contributed by atoms with Crippen molar-refractivity contribution in [3.05, 3.63) is 69.7 Å². The number of alkyl halides is 4. The number of benzene rings is 2. The molecule has 0 saturated heterocycles. The Morgan fingerprint density at radius 1 is 1.16 bits per heavy atom. The molecule has 0 heterocycles. The second kappa shape index (κ2) is 8.83. The summed E-state index contributed by atoms with van der Waals surface area (Å²) in [4.78, 5) is 12.5. The van der Waals surface area contributed by atoms with E-state index in [9.17, 15) is 22.4 Å². The number of hydrogen-bond donors (Lipinski definition) is 0. The van der Waals surface area contributed by atoms with Crippen LogP contribution in [0.3, 0.4) is 0 Å².